The van der Waals surface area contributed by atoms with Crippen molar-refractivity contribution in [3.05, 3.63) is 75.4 Å². The Morgan fingerprint density at radius 3 is 2.73 bits per heavy atom. The van der Waals surface area contributed by atoms with Gasteiger partial charge in [0.2, 0.25) is 5.56 Å². The molecule has 0 amide bonds. The topological polar surface area (TPSA) is 50.7 Å². The average molecular weight is 314 g/mol. The number of aryl methyl sites for hydroxylation is 1. The van der Waals surface area contributed by atoms with Crippen molar-refractivity contribution in [3.8, 4) is 11.1 Å². The van der Waals surface area contributed by atoms with E-state index in [1.54, 1.807) is 23.9 Å². The van der Waals surface area contributed by atoms with Crippen LogP contribution in [0.25, 0.3) is 11.1 Å². The third kappa shape index (κ3) is 2.57. The number of hydrogen-bond donors (Lipinski definition) is 1. The highest BCUT2D eigenvalue weighted by Crippen LogP contribution is 2.34. The second-order valence-electron chi connectivity index (χ2n) is 5.31. The van der Waals surface area contributed by atoms with E-state index in [9.17, 15) is 4.79 Å². The van der Waals surface area contributed by atoms with Gasteiger partial charge in [-0.3, -0.25) is 9.89 Å². The molecule has 0 aliphatic rings. The van der Waals surface area contributed by atoms with E-state index in [2.05, 4.69) is 17.1 Å². The van der Waals surface area contributed by atoms with Crippen LogP contribution in [0.2, 0.25) is 5.02 Å². The fourth-order valence-corrected chi connectivity index (χ4v) is 2.89. The van der Waals surface area contributed by atoms with Crippen LogP contribution in [0.15, 0.2) is 53.6 Å². The van der Waals surface area contributed by atoms with Crippen molar-refractivity contribution < 1.29 is 0 Å². The first kappa shape index (κ1) is 14.6. The third-order valence-electron chi connectivity index (χ3n) is 3.87. The second kappa shape index (κ2) is 5.81. The van der Waals surface area contributed by atoms with Crippen LogP contribution in [0.1, 0.15) is 24.1 Å². The van der Waals surface area contributed by atoms with Gasteiger partial charge in [0.1, 0.15) is 0 Å². The van der Waals surface area contributed by atoms with Gasteiger partial charge in [0.25, 0.3) is 0 Å². The maximum Gasteiger partial charge on any atom is 0.250 e. The Hall–Kier alpha value is -2.33. The van der Waals surface area contributed by atoms with Gasteiger partial charge in [0.15, 0.2) is 0 Å². The van der Waals surface area contributed by atoms with Crippen LogP contribution in [0, 0.1) is 0 Å². The summed E-state index contributed by atoms with van der Waals surface area (Å²) in [5.41, 5.74) is 3.91. The lowest BCUT2D eigenvalue weighted by molar-refractivity contribution is 0.849. The largest absolute Gasteiger partial charge is 0.318 e. The number of nitrogens with one attached hydrogen (secondary N) is 1. The molecule has 0 aliphatic carbocycles. The summed E-state index contributed by atoms with van der Waals surface area (Å²) in [5, 5.41) is 7.97. The minimum absolute atomic E-state index is 0.0343. The standard InChI is InChI=1S/C17H16ClN3O/c1-11(13-5-3-4-6-15(13)18)17-14(9-19-20-17)12-7-8-16(22)21(2)10-12/h3-11H,1-2H3,(H,19,20). The Morgan fingerprint density at radius 1 is 1.23 bits per heavy atom. The molecule has 0 bridgehead atoms. The first-order valence-electron chi connectivity index (χ1n) is 7.02. The highest BCUT2D eigenvalue weighted by molar-refractivity contribution is 6.31. The Balaban J connectivity index is 2.07. The van der Waals surface area contributed by atoms with Crippen LogP contribution in [0.5, 0.6) is 0 Å². The van der Waals surface area contributed by atoms with E-state index in [1.165, 1.54) is 0 Å². The molecule has 0 saturated carbocycles. The van der Waals surface area contributed by atoms with Crippen LogP contribution in [-0.4, -0.2) is 14.8 Å². The Morgan fingerprint density at radius 2 is 2.00 bits per heavy atom. The van der Waals surface area contributed by atoms with Gasteiger partial charge in [-0.05, 0) is 17.7 Å². The summed E-state index contributed by atoms with van der Waals surface area (Å²) in [6.07, 6.45) is 3.60. The lowest BCUT2D eigenvalue weighted by atomic mass is 9.93. The SMILES string of the molecule is CC(c1ccccc1Cl)c1[nH]ncc1-c1ccc(=O)n(C)c1. The van der Waals surface area contributed by atoms with Gasteiger partial charge in [0, 0.05) is 41.4 Å². The van der Waals surface area contributed by atoms with E-state index >= 15 is 0 Å². The van der Waals surface area contributed by atoms with Crippen LogP contribution >= 0.6 is 11.6 Å². The minimum atomic E-state index is -0.0343. The number of hydrogen-bond acceptors (Lipinski definition) is 2. The Labute approximate surface area is 133 Å². The number of halogens is 1. The number of pyridine rings is 1. The van der Waals surface area contributed by atoms with E-state index in [1.807, 2.05) is 36.5 Å². The fourth-order valence-electron chi connectivity index (χ4n) is 2.59. The van der Waals surface area contributed by atoms with Crippen LogP contribution in [0.4, 0.5) is 0 Å². The zero-order valence-corrected chi connectivity index (χ0v) is 13.1. The summed E-state index contributed by atoms with van der Waals surface area (Å²) in [6.45, 7) is 2.08. The number of nitrogens with zero attached hydrogens (tertiary/aromatic N) is 2. The van der Waals surface area contributed by atoms with E-state index in [0.717, 1.165) is 27.4 Å². The van der Waals surface area contributed by atoms with E-state index in [4.69, 9.17) is 11.6 Å². The first-order valence-corrected chi connectivity index (χ1v) is 7.40. The van der Waals surface area contributed by atoms with E-state index in [-0.39, 0.29) is 11.5 Å². The molecule has 1 atom stereocenters. The molecular formula is C17H16ClN3O. The van der Waals surface area contributed by atoms with Crippen molar-refractivity contribution >= 4 is 11.6 Å². The van der Waals surface area contributed by atoms with Gasteiger partial charge in [-0.1, -0.05) is 36.7 Å². The lowest BCUT2D eigenvalue weighted by Gasteiger charge is -2.14. The van der Waals surface area contributed by atoms with Crippen LogP contribution in [0.3, 0.4) is 0 Å². The second-order valence-corrected chi connectivity index (χ2v) is 5.71. The van der Waals surface area contributed by atoms with Gasteiger partial charge in [0.05, 0.1) is 11.9 Å². The molecule has 0 fully saturated rings. The molecule has 2 aromatic heterocycles. The first-order chi connectivity index (χ1) is 10.6. The molecule has 2 heterocycles. The van der Waals surface area contributed by atoms with Crippen molar-refractivity contribution in [3.63, 3.8) is 0 Å². The summed E-state index contributed by atoms with van der Waals surface area (Å²) in [7, 11) is 1.74. The average Bonchev–Trinajstić information content (AvgIpc) is 2.99. The number of aromatic amines is 1. The third-order valence-corrected chi connectivity index (χ3v) is 4.21. The zero-order valence-electron chi connectivity index (χ0n) is 12.4. The van der Waals surface area contributed by atoms with Gasteiger partial charge < -0.3 is 4.57 Å². The molecule has 4 nitrogen and oxygen atoms in total. The van der Waals surface area contributed by atoms with Gasteiger partial charge >= 0.3 is 0 Å². The summed E-state index contributed by atoms with van der Waals surface area (Å²) < 4.78 is 1.56. The number of rotatable bonds is 3. The molecular weight excluding hydrogens is 298 g/mol. The predicted molar refractivity (Wildman–Crippen MR) is 88.2 cm³/mol. The minimum Gasteiger partial charge on any atom is -0.318 e. The van der Waals surface area contributed by atoms with E-state index in [0.29, 0.717) is 0 Å². The fraction of sp³-hybridized carbons (Fsp3) is 0.176. The van der Waals surface area contributed by atoms with Gasteiger partial charge in [-0.15, -0.1) is 0 Å². The van der Waals surface area contributed by atoms with Crippen LogP contribution < -0.4 is 5.56 Å². The summed E-state index contributed by atoms with van der Waals surface area (Å²) in [5.74, 6) is 0.0726. The summed E-state index contributed by atoms with van der Waals surface area (Å²) in [4.78, 5) is 11.5. The van der Waals surface area contributed by atoms with Crippen molar-refractivity contribution in [1.29, 1.82) is 0 Å². The normalized spacial score (nSPS) is 12.3. The molecule has 22 heavy (non-hydrogen) atoms. The molecule has 3 aromatic rings. The molecule has 1 aromatic carbocycles. The number of benzene rings is 1. The summed E-state index contributed by atoms with van der Waals surface area (Å²) in [6, 6.07) is 11.2. The lowest BCUT2D eigenvalue weighted by Crippen LogP contribution is -2.14. The Kier molecular flexibility index (Phi) is 3.86. The molecule has 1 unspecified atom stereocenters. The molecule has 5 heteroatoms. The zero-order chi connectivity index (χ0) is 15.7. The monoisotopic (exact) mass is 313 g/mol. The van der Waals surface area contributed by atoms with Crippen molar-refractivity contribution in [2.75, 3.05) is 0 Å². The molecule has 1 N–H and O–H groups in total. The molecule has 0 aliphatic heterocycles. The van der Waals surface area contributed by atoms with Crippen LogP contribution in [-0.2, 0) is 7.05 Å². The molecule has 0 radical (unpaired) electrons. The quantitative estimate of drug-likeness (QED) is 0.803. The maximum atomic E-state index is 11.5. The predicted octanol–water partition coefficient (Wildman–Crippen LogP) is 3.58. The number of H-pyrrole nitrogens is 1. The molecule has 112 valence electrons. The van der Waals surface area contributed by atoms with Gasteiger partial charge in [-0.25, -0.2) is 0 Å². The highest BCUT2D eigenvalue weighted by atomic mass is 35.5. The summed E-state index contributed by atoms with van der Waals surface area (Å²) >= 11 is 6.30. The maximum absolute atomic E-state index is 11.5. The van der Waals surface area contributed by atoms with Crippen molar-refractivity contribution in [1.82, 2.24) is 14.8 Å². The van der Waals surface area contributed by atoms with Crippen molar-refractivity contribution in [2.24, 2.45) is 7.05 Å². The van der Waals surface area contributed by atoms with Gasteiger partial charge in [-0.2, -0.15) is 5.10 Å². The van der Waals surface area contributed by atoms with E-state index < -0.39 is 0 Å². The molecule has 3 rings (SSSR count). The molecule has 0 saturated heterocycles. The Bertz CT molecular complexity index is 866. The molecule has 0 spiro atoms. The van der Waals surface area contributed by atoms with Crippen molar-refractivity contribution in [2.45, 2.75) is 12.8 Å². The highest BCUT2D eigenvalue weighted by Gasteiger charge is 2.18. The number of aromatic nitrogens is 3. The smallest absolute Gasteiger partial charge is 0.250 e.